The van der Waals surface area contributed by atoms with E-state index in [1.54, 1.807) is 17.4 Å². The Morgan fingerprint density at radius 3 is 2.75 bits per heavy atom. The van der Waals surface area contributed by atoms with E-state index in [1.807, 2.05) is 36.7 Å². The number of hydrogen-bond donors (Lipinski definition) is 1. The molecule has 0 radical (unpaired) electrons. The average Bonchev–Trinajstić information content (AvgIpc) is 2.88. The molecular formula is C16H16N2OS. The second-order valence-electron chi connectivity index (χ2n) is 4.66. The lowest BCUT2D eigenvalue weighted by Gasteiger charge is -2.23. The smallest absolute Gasteiger partial charge is 0.117 e. The SMILES string of the molecule is CCCN(c1ccncc1)c1csc2cc(O)ccc12. The molecule has 0 unspecified atom stereocenters. The summed E-state index contributed by atoms with van der Waals surface area (Å²) in [4.78, 5) is 6.39. The van der Waals surface area contributed by atoms with Crippen molar-refractivity contribution in [3.63, 3.8) is 0 Å². The van der Waals surface area contributed by atoms with Gasteiger partial charge in [-0.2, -0.15) is 0 Å². The van der Waals surface area contributed by atoms with Crippen LogP contribution in [0.4, 0.5) is 11.4 Å². The quantitative estimate of drug-likeness (QED) is 0.763. The van der Waals surface area contributed by atoms with Gasteiger partial charge in [-0.1, -0.05) is 6.92 Å². The van der Waals surface area contributed by atoms with Gasteiger partial charge in [0.1, 0.15) is 5.75 Å². The molecule has 2 heterocycles. The van der Waals surface area contributed by atoms with Crippen LogP contribution in [0.5, 0.6) is 5.75 Å². The van der Waals surface area contributed by atoms with Crippen molar-refractivity contribution in [1.82, 2.24) is 4.98 Å². The highest BCUT2D eigenvalue weighted by atomic mass is 32.1. The maximum Gasteiger partial charge on any atom is 0.117 e. The third-order valence-electron chi connectivity index (χ3n) is 3.25. The van der Waals surface area contributed by atoms with Gasteiger partial charge in [-0.25, -0.2) is 0 Å². The molecule has 0 aliphatic heterocycles. The Labute approximate surface area is 122 Å². The number of fused-ring (bicyclic) bond motifs is 1. The van der Waals surface area contributed by atoms with E-state index < -0.39 is 0 Å². The summed E-state index contributed by atoms with van der Waals surface area (Å²) in [5.41, 5.74) is 2.34. The number of hydrogen-bond acceptors (Lipinski definition) is 4. The first-order valence-electron chi connectivity index (χ1n) is 6.67. The van der Waals surface area contributed by atoms with E-state index in [9.17, 15) is 5.11 Å². The van der Waals surface area contributed by atoms with Crippen LogP contribution >= 0.6 is 11.3 Å². The summed E-state index contributed by atoms with van der Waals surface area (Å²) in [6.07, 6.45) is 4.70. The van der Waals surface area contributed by atoms with Crippen molar-refractivity contribution in [3.05, 3.63) is 48.1 Å². The second kappa shape index (κ2) is 5.51. The van der Waals surface area contributed by atoms with E-state index in [2.05, 4.69) is 22.2 Å². The van der Waals surface area contributed by atoms with Gasteiger partial charge in [0.05, 0.1) is 5.69 Å². The van der Waals surface area contributed by atoms with Crippen LogP contribution in [-0.2, 0) is 0 Å². The maximum absolute atomic E-state index is 9.58. The Kier molecular flexibility index (Phi) is 3.56. The lowest BCUT2D eigenvalue weighted by atomic mass is 10.2. The zero-order chi connectivity index (χ0) is 13.9. The Bertz CT molecular complexity index is 709. The molecule has 0 aliphatic rings. The number of thiophene rings is 1. The van der Waals surface area contributed by atoms with Gasteiger partial charge in [0.15, 0.2) is 0 Å². The van der Waals surface area contributed by atoms with Gasteiger partial charge in [-0.3, -0.25) is 4.98 Å². The monoisotopic (exact) mass is 284 g/mol. The number of nitrogens with zero attached hydrogens (tertiary/aromatic N) is 2. The zero-order valence-corrected chi connectivity index (χ0v) is 12.1. The molecule has 3 aromatic rings. The predicted octanol–water partition coefficient (Wildman–Crippen LogP) is 4.55. The Morgan fingerprint density at radius 1 is 1.20 bits per heavy atom. The number of pyridine rings is 1. The molecule has 3 rings (SSSR count). The van der Waals surface area contributed by atoms with Crippen LogP contribution in [0, 0.1) is 0 Å². The normalized spacial score (nSPS) is 10.8. The van der Waals surface area contributed by atoms with E-state index in [1.165, 1.54) is 11.1 Å². The first kappa shape index (κ1) is 12.9. The standard InChI is InChI=1S/C16H16N2OS/c1-2-9-18(12-5-7-17-8-6-12)15-11-20-16-10-13(19)3-4-14(15)16/h3-8,10-11,19H,2,9H2,1H3. The summed E-state index contributed by atoms with van der Waals surface area (Å²) in [7, 11) is 0. The van der Waals surface area contributed by atoms with Crippen molar-refractivity contribution in [2.24, 2.45) is 0 Å². The van der Waals surface area contributed by atoms with Crippen molar-refractivity contribution in [2.45, 2.75) is 13.3 Å². The summed E-state index contributed by atoms with van der Waals surface area (Å²) >= 11 is 1.66. The minimum atomic E-state index is 0.317. The highest BCUT2D eigenvalue weighted by Crippen LogP contribution is 2.38. The molecule has 0 bridgehead atoms. The van der Waals surface area contributed by atoms with Gasteiger partial charge in [0.25, 0.3) is 0 Å². The van der Waals surface area contributed by atoms with Gasteiger partial charge in [-0.05, 0) is 36.8 Å². The van der Waals surface area contributed by atoms with E-state index in [0.29, 0.717) is 5.75 Å². The van der Waals surface area contributed by atoms with Gasteiger partial charge in [0, 0.05) is 40.1 Å². The highest BCUT2D eigenvalue weighted by Gasteiger charge is 2.13. The van der Waals surface area contributed by atoms with Crippen LogP contribution in [0.1, 0.15) is 13.3 Å². The third kappa shape index (κ3) is 2.34. The summed E-state index contributed by atoms with van der Waals surface area (Å²) in [6, 6.07) is 9.61. The van der Waals surface area contributed by atoms with Crippen LogP contribution < -0.4 is 4.90 Å². The largest absolute Gasteiger partial charge is 0.508 e. The molecule has 1 N–H and O–H groups in total. The zero-order valence-electron chi connectivity index (χ0n) is 11.3. The van der Waals surface area contributed by atoms with Crippen LogP contribution in [0.2, 0.25) is 0 Å². The molecule has 0 saturated heterocycles. The predicted molar refractivity (Wildman–Crippen MR) is 85.0 cm³/mol. The number of benzene rings is 1. The Morgan fingerprint density at radius 2 is 2.00 bits per heavy atom. The van der Waals surface area contributed by atoms with E-state index in [4.69, 9.17) is 0 Å². The van der Waals surface area contributed by atoms with E-state index in [-0.39, 0.29) is 0 Å². The number of aromatic hydroxyl groups is 1. The molecular weight excluding hydrogens is 268 g/mol. The van der Waals surface area contributed by atoms with Crippen LogP contribution in [-0.4, -0.2) is 16.6 Å². The Balaban J connectivity index is 2.10. The molecule has 0 atom stereocenters. The topological polar surface area (TPSA) is 36.4 Å². The Hall–Kier alpha value is -2.07. The van der Waals surface area contributed by atoms with Gasteiger partial charge >= 0.3 is 0 Å². The third-order valence-corrected chi connectivity index (χ3v) is 4.18. The van der Waals surface area contributed by atoms with E-state index in [0.717, 1.165) is 23.4 Å². The minimum absolute atomic E-state index is 0.317. The summed E-state index contributed by atoms with van der Waals surface area (Å²) in [6.45, 7) is 3.13. The lowest BCUT2D eigenvalue weighted by molar-refractivity contribution is 0.476. The van der Waals surface area contributed by atoms with E-state index >= 15 is 0 Å². The molecule has 102 valence electrons. The molecule has 0 fully saturated rings. The fourth-order valence-electron chi connectivity index (χ4n) is 2.35. The molecule has 3 nitrogen and oxygen atoms in total. The van der Waals surface area contributed by atoms with Crippen LogP contribution in [0.3, 0.4) is 0 Å². The van der Waals surface area contributed by atoms with Gasteiger partial charge in [-0.15, -0.1) is 11.3 Å². The summed E-state index contributed by atoms with van der Waals surface area (Å²) < 4.78 is 1.11. The first-order chi connectivity index (χ1) is 9.79. The average molecular weight is 284 g/mol. The number of anilines is 2. The van der Waals surface area contributed by atoms with Crippen molar-refractivity contribution < 1.29 is 5.11 Å². The van der Waals surface area contributed by atoms with Crippen molar-refractivity contribution in [1.29, 1.82) is 0 Å². The maximum atomic E-state index is 9.58. The van der Waals surface area contributed by atoms with Gasteiger partial charge < -0.3 is 10.0 Å². The molecule has 0 aliphatic carbocycles. The second-order valence-corrected chi connectivity index (χ2v) is 5.57. The minimum Gasteiger partial charge on any atom is -0.508 e. The molecule has 20 heavy (non-hydrogen) atoms. The number of phenols is 1. The fraction of sp³-hybridized carbons (Fsp3) is 0.188. The van der Waals surface area contributed by atoms with Crippen LogP contribution in [0.25, 0.3) is 10.1 Å². The lowest BCUT2D eigenvalue weighted by Crippen LogP contribution is -2.17. The molecule has 2 aromatic heterocycles. The van der Waals surface area contributed by atoms with Crippen molar-refractivity contribution in [2.75, 3.05) is 11.4 Å². The molecule has 0 amide bonds. The highest BCUT2D eigenvalue weighted by molar-refractivity contribution is 7.17. The fourth-order valence-corrected chi connectivity index (χ4v) is 3.33. The first-order valence-corrected chi connectivity index (χ1v) is 7.55. The van der Waals surface area contributed by atoms with Crippen molar-refractivity contribution in [3.8, 4) is 5.75 Å². The molecule has 4 heteroatoms. The number of phenolic OH excluding ortho intramolecular Hbond substituents is 1. The molecule has 1 aromatic carbocycles. The molecule has 0 saturated carbocycles. The van der Waals surface area contributed by atoms with Crippen molar-refractivity contribution >= 4 is 32.8 Å². The number of aromatic nitrogens is 1. The molecule has 0 spiro atoms. The summed E-state index contributed by atoms with van der Waals surface area (Å²) in [5.74, 6) is 0.317. The van der Waals surface area contributed by atoms with Gasteiger partial charge in [0.2, 0.25) is 0 Å². The number of rotatable bonds is 4. The van der Waals surface area contributed by atoms with Crippen LogP contribution in [0.15, 0.2) is 48.1 Å². The summed E-state index contributed by atoms with van der Waals surface area (Å²) in [5, 5.41) is 12.9.